The Labute approximate surface area is 157 Å². The summed E-state index contributed by atoms with van der Waals surface area (Å²) in [6.45, 7) is 2.49. The largest absolute Gasteiger partial charge is 0.508 e. The van der Waals surface area contributed by atoms with Crippen molar-refractivity contribution in [2.45, 2.75) is 13.0 Å². The SMILES string of the molecule is Oc1ccc(C2=CCN(Cc3ncc(-c4ccc(Cl)cc4)o3)CC2)cc1. The molecule has 5 heteroatoms. The molecular formula is C21H19ClN2O2. The number of hydrogen-bond acceptors (Lipinski definition) is 4. The second-order valence-electron chi connectivity index (χ2n) is 6.39. The quantitative estimate of drug-likeness (QED) is 0.706. The lowest BCUT2D eigenvalue weighted by Gasteiger charge is -2.25. The predicted octanol–water partition coefficient (Wildman–Crippen LogP) is 4.99. The first-order valence-corrected chi connectivity index (χ1v) is 8.96. The Morgan fingerprint density at radius 2 is 1.77 bits per heavy atom. The van der Waals surface area contributed by atoms with Gasteiger partial charge in [-0.3, -0.25) is 4.90 Å². The summed E-state index contributed by atoms with van der Waals surface area (Å²) in [6.07, 6.45) is 4.97. The molecular weight excluding hydrogens is 348 g/mol. The van der Waals surface area contributed by atoms with E-state index < -0.39 is 0 Å². The van der Waals surface area contributed by atoms with E-state index in [0.29, 0.717) is 17.3 Å². The zero-order chi connectivity index (χ0) is 17.9. The molecule has 0 atom stereocenters. The molecule has 1 aromatic heterocycles. The first-order chi connectivity index (χ1) is 12.7. The molecule has 26 heavy (non-hydrogen) atoms. The summed E-state index contributed by atoms with van der Waals surface area (Å²) < 4.78 is 5.89. The van der Waals surface area contributed by atoms with E-state index in [4.69, 9.17) is 16.0 Å². The van der Waals surface area contributed by atoms with Gasteiger partial charge in [0.1, 0.15) is 5.75 Å². The molecule has 0 bridgehead atoms. The van der Waals surface area contributed by atoms with Gasteiger partial charge in [0, 0.05) is 23.7 Å². The molecule has 1 N–H and O–H groups in total. The highest BCUT2D eigenvalue weighted by Gasteiger charge is 2.16. The van der Waals surface area contributed by atoms with Gasteiger partial charge in [-0.05, 0) is 54.0 Å². The molecule has 0 unspecified atom stereocenters. The Balaban J connectivity index is 1.40. The van der Waals surface area contributed by atoms with Crippen molar-refractivity contribution >= 4 is 17.2 Å². The molecule has 2 heterocycles. The van der Waals surface area contributed by atoms with Crippen LogP contribution in [0.5, 0.6) is 5.75 Å². The molecule has 0 saturated heterocycles. The van der Waals surface area contributed by atoms with Crippen molar-refractivity contribution in [2.24, 2.45) is 0 Å². The Morgan fingerprint density at radius 3 is 2.46 bits per heavy atom. The fraction of sp³-hybridized carbons (Fsp3) is 0.190. The second-order valence-corrected chi connectivity index (χ2v) is 6.82. The molecule has 0 spiro atoms. The standard InChI is InChI=1S/C21H19ClN2O2/c22-18-5-1-17(2-6-18)20-13-23-21(26-20)14-24-11-9-16(10-12-24)15-3-7-19(25)8-4-15/h1-9,13,25H,10-12,14H2. The van der Waals surface area contributed by atoms with Crippen LogP contribution in [0.4, 0.5) is 0 Å². The third-order valence-electron chi connectivity index (χ3n) is 4.57. The Morgan fingerprint density at radius 1 is 1.04 bits per heavy atom. The van der Waals surface area contributed by atoms with Crippen LogP contribution in [0.15, 0.2) is 65.2 Å². The van der Waals surface area contributed by atoms with E-state index in [1.807, 2.05) is 36.4 Å². The smallest absolute Gasteiger partial charge is 0.209 e. The highest BCUT2D eigenvalue weighted by atomic mass is 35.5. The summed E-state index contributed by atoms with van der Waals surface area (Å²) in [7, 11) is 0. The lowest BCUT2D eigenvalue weighted by Crippen LogP contribution is -2.28. The van der Waals surface area contributed by atoms with Crippen LogP contribution in [0.25, 0.3) is 16.9 Å². The van der Waals surface area contributed by atoms with Gasteiger partial charge in [0.05, 0.1) is 12.7 Å². The number of oxazole rings is 1. The fourth-order valence-electron chi connectivity index (χ4n) is 3.11. The average molecular weight is 367 g/mol. The number of aromatic nitrogens is 1. The maximum Gasteiger partial charge on any atom is 0.209 e. The molecule has 0 radical (unpaired) electrons. The number of phenolic OH excluding ortho intramolecular Hbond substituents is 1. The van der Waals surface area contributed by atoms with E-state index in [9.17, 15) is 5.11 Å². The Bertz CT molecular complexity index is 914. The highest BCUT2D eigenvalue weighted by molar-refractivity contribution is 6.30. The third kappa shape index (κ3) is 3.82. The van der Waals surface area contributed by atoms with Gasteiger partial charge >= 0.3 is 0 Å². The van der Waals surface area contributed by atoms with Crippen molar-refractivity contribution in [1.82, 2.24) is 9.88 Å². The minimum atomic E-state index is 0.298. The number of nitrogens with zero attached hydrogens (tertiary/aromatic N) is 2. The molecule has 132 valence electrons. The molecule has 0 saturated carbocycles. The highest BCUT2D eigenvalue weighted by Crippen LogP contribution is 2.26. The normalized spacial score (nSPS) is 15.0. The van der Waals surface area contributed by atoms with Crippen molar-refractivity contribution in [3.05, 3.63) is 77.3 Å². The molecule has 3 aromatic rings. The summed E-state index contributed by atoms with van der Waals surface area (Å²) in [6, 6.07) is 14.9. The number of hydrogen-bond donors (Lipinski definition) is 1. The van der Waals surface area contributed by atoms with E-state index in [1.165, 1.54) is 11.1 Å². The van der Waals surface area contributed by atoms with Crippen LogP contribution >= 0.6 is 11.6 Å². The van der Waals surface area contributed by atoms with Gasteiger partial charge in [0.25, 0.3) is 0 Å². The van der Waals surface area contributed by atoms with E-state index in [-0.39, 0.29) is 0 Å². The lowest BCUT2D eigenvalue weighted by atomic mass is 9.99. The summed E-state index contributed by atoms with van der Waals surface area (Å²) >= 11 is 5.93. The number of halogens is 1. The maximum atomic E-state index is 9.41. The number of phenols is 1. The predicted molar refractivity (Wildman–Crippen MR) is 103 cm³/mol. The van der Waals surface area contributed by atoms with E-state index in [2.05, 4.69) is 16.0 Å². The topological polar surface area (TPSA) is 49.5 Å². The molecule has 4 rings (SSSR count). The first-order valence-electron chi connectivity index (χ1n) is 8.59. The van der Waals surface area contributed by atoms with Gasteiger partial charge in [0.15, 0.2) is 5.76 Å². The van der Waals surface area contributed by atoms with Gasteiger partial charge in [-0.25, -0.2) is 4.98 Å². The summed E-state index contributed by atoms with van der Waals surface area (Å²) in [5.74, 6) is 1.78. The van der Waals surface area contributed by atoms with Crippen LogP contribution in [0, 0.1) is 0 Å². The van der Waals surface area contributed by atoms with E-state index in [0.717, 1.165) is 36.7 Å². The monoisotopic (exact) mass is 366 g/mol. The fourth-order valence-corrected chi connectivity index (χ4v) is 3.24. The summed E-state index contributed by atoms with van der Waals surface area (Å²) in [4.78, 5) is 6.71. The number of benzene rings is 2. The average Bonchev–Trinajstić information content (AvgIpc) is 3.12. The van der Waals surface area contributed by atoms with Crippen LogP contribution in [0.1, 0.15) is 17.9 Å². The Hall–Kier alpha value is -2.56. The van der Waals surface area contributed by atoms with E-state index in [1.54, 1.807) is 18.3 Å². The summed E-state index contributed by atoms with van der Waals surface area (Å²) in [5.41, 5.74) is 3.46. The van der Waals surface area contributed by atoms with Crippen molar-refractivity contribution in [3.8, 4) is 17.1 Å². The Kier molecular flexibility index (Phi) is 4.78. The maximum absolute atomic E-state index is 9.41. The molecule has 0 amide bonds. The molecule has 0 aliphatic carbocycles. The first kappa shape index (κ1) is 16.9. The van der Waals surface area contributed by atoms with Crippen molar-refractivity contribution in [1.29, 1.82) is 0 Å². The van der Waals surface area contributed by atoms with Crippen LogP contribution in [-0.2, 0) is 6.54 Å². The van der Waals surface area contributed by atoms with Gasteiger partial charge in [0.2, 0.25) is 5.89 Å². The van der Waals surface area contributed by atoms with E-state index >= 15 is 0 Å². The zero-order valence-corrected chi connectivity index (χ0v) is 15.0. The lowest BCUT2D eigenvalue weighted by molar-refractivity contribution is 0.263. The minimum Gasteiger partial charge on any atom is -0.508 e. The molecule has 1 aliphatic heterocycles. The number of aromatic hydroxyl groups is 1. The van der Waals surface area contributed by atoms with Crippen LogP contribution in [-0.4, -0.2) is 28.1 Å². The molecule has 4 nitrogen and oxygen atoms in total. The van der Waals surface area contributed by atoms with Gasteiger partial charge in [-0.15, -0.1) is 0 Å². The van der Waals surface area contributed by atoms with Crippen LogP contribution in [0.3, 0.4) is 0 Å². The molecule has 0 fully saturated rings. The minimum absolute atomic E-state index is 0.298. The molecule has 1 aliphatic rings. The summed E-state index contributed by atoms with van der Waals surface area (Å²) in [5, 5.41) is 10.1. The van der Waals surface area contributed by atoms with Gasteiger partial charge < -0.3 is 9.52 Å². The number of rotatable bonds is 4. The molecule has 2 aromatic carbocycles. The van der Waals surface area contributed by atoms with Gasteiger partial charge in [-0.2, -0.15) is 0 Å². The third-order valence-corrected chi connectivity index (χ3v) is 4.82. The van der Waals surface area contributed by atoms with Crippen molar-refractivity contribution in [2.75, 3.05) is 13.1 Å². The van der Waals surface area contributed by atoms with Crippen LogP contribution in [0.2, 0.25) is 5.02 Å². The zero-order valence-electron chi connectivity index (χ0n) is 14.2. The second kappa shape index (κ2) is 7.36. The van der Waals surface area contributed by atoms with Gasteiger partial charge in [-0.1, -0.05) is 29.8 Å². The van der Waals surface area contributed by atoms with Crippen molar-refractivity contribution in [3.63, 3.8) is 0 Å². The van der Waals surface area contributed by atoms with Crippen LogP contribution < -0.4 is 0 Å². The van der Waals surface area contributed by atoms with Crippen molar-refractivity contribution < 1.29 is 9.52 Å².